The van der Waals surface area contributed by atoms with Crippen molar-refractivity contribution in [3.8, 4) is 11.5 Å². The third kappa shape index (κ3) is 3.62. The number of hydrogen-bond acceptors (Lipinski definition) is 3. The lowest BCUT2D eigenvalue weighted by atomic mass is 10.2. The van der Waals surface area contributed by atoms with Crippen LogP contribution in [-0.2, 0) is 0 Å². The SMILES string of the molecule is COc1ccccc1OCCN1CCC(CBr)C1. The summed E-state index contributed by atoms with van der Waals surface area (Å²) in [4.78, 5) is 2.46. The van der Waals surface area contributed by atoms with E-state index in [9.17, 15) is 0 Å². The van der Waals surface area contributed by atoms with Gasteiger partial charge >= 0.3 is 0 Å². The third-order valence-electron chi connectivity index (χ3n) is 3.32. The van der Waals surface area contributed by atoms with Crippen LogP contribution in [0.3, 0.4) is 0 Å². The predicted octanol–water partition coefficient (Wildman–Crippen LogP) is 2.79. The minimum atomic E-state index is 0.718. The monoisotopic (exact) mass is 313 g/mol. The average Bonchev–Trinajstić information content (AvgIpc) is 2.87. The minimum absolute atomic E-state index is 0.718. The number of nitrogens with zero attached hydrogens (tertiary/aromatic N) is 1. The van der Waals surface area contributed by atoms with E-state index in [1.807, 2.05) is 24.3 Å². The zero-order chi connectivity index (χ0) is 12.8. The number of halogens is 1. The van der Waals surface area contributed by atoms with Crippen molar-refractivity contribution in [3.05, 3.63) is 24.3 Å². The van der Waals surface area contributed by atoms with Crippen LogP contribution in [0.25, 0.3) is 0 Å². The Morgan fingerprint density at radius 3 is 2.78 bits per heavy atom. The summed E-state index contributed by atoms with van der Waals surface area (Å²) in [6, 6.07) is 7.79. The van der Waals surface area contributed by atoms with Gasteiger partial charge in [0.2, 0.25) is 0 Å². The Bertz CT molecular complexity index is 373. The van der Waals surface area contributed by atoms with Crippen LogP contribution < -0.4 is 9.47 Å². The predicted molar refractivity (Wildman–Crippen MR) is 76.8 cm³/mol. The Morgan fingerprint density at radius 2 is 2.11 bits per heavy atom. The zero-order valence-corrected chi connectivity index (χ0v) is 12.4. The number of alkyl halides is 1. The number of para-hydroxylation sites is 2. The maximum Gasteiger partial charge on any atom is 0.161 e. The molecule has 0 saturated carbocycles. The smallest absolute Gasteiger partial charge is 0.161 e. The Kier molecular flexibility index (Phi) is 5.32. The highest BCUT2D eigenvalue weighted by Gasteiger charge is 2.20. The summed E-state index contributed by atoms with van der Waals surface area (Å²) in [6.07, 6.45) is 1.29. The van der Waals surface area contributed by atoms with Crippen LogP contribution in [0.4, 0.5) is 0 Å². The molecule has 0 bridgehead atoms. The van der Waals surface area contributed by atoms with Crippen molar-refractivity contribution in [1.29, 1.82) is 0 Å². The van der Waals surface area contributed by atoms with E-state index in [-0.39, 0.29) is 0 Å². The molecular weight excluding hydrogens is 294 g/mol. The molecule has 3 nitrogen and oxygen atoms in total. The van der Waals surface area contributed by atoms with Gasteiger partial charge < -0.3 is 9.47 Å². The molecule has 0 aromatic heterocycles. The van der Waals surface area contributed by atoms with Gasteiger partial charge in [-0.3, -0.25) is 4.90 Å². The molecule has 1 aromatic rings. The molecule has 0 aliphatic carbocycles. The average molecular weight is 314 g/mol. The van der Waals surface area contributed by atoms with E-state index in [0.29, 0.717) is 0 Å². The van der Waals surface area contributed by atoms with Crippen LogP contribution in [0.1, 0.15) is 6.42 Å². The maximum atomic E-state index is 5.78. The van der Waals surface area contributed by atoms with Crippen molar-refractivity contribution >= 4 is 15.9 Å². The molecular formula is C14H20BrNO2. The van der Waals surface area contributed by atoms with Gasteiger partial charge in [-0.25, -0.2) is 0 Å². The van der Waals surface area contributed by atoms with Crippen LogP contribution in [0.15, 0.2) is 24.3 Å². The number of likely N-dealkylation sites (tertiary alicyclic amines) is 1. The first-order valence-corrected chi connectivity index (χ1v) is 7.49. The fourth-order valence-corrected chi connectivity index (χ4v) is 2.79. The van der Waals surface area contributed by atoms with Crippen LogP contribution >= 0.6 is 15.9 Å². The Labute approximate surface area is 117 Å². The van der Waals surface area contributed by atoms with E-state index >= 15 is 0 Å². The molecule has 1 aliphatic heterocycles. The van der Waals surface area contributed by atoms with E-state index in [1.54, 1.807) is 7.11 Å². The summed E-state index contributed by atoms with van der Waals surface area (Å²) >= 11 is 3.55. The van der Waals surface area contributed by atoms with Gasteiger partial charge in [0.25, 0.3) is 0 Å². The number of benzene rings is 1. The fourth-order valence-electron chi connectivity index (χ4n) is 2.26. The van der Waals surface area contributed by atoms with Crippen molar-refractivity contribution < 1.29 is 9.47 Å². The summed E-state index contributed by atoms with van der Waals surface area (Å²) in [5.74, 6) is 2.43. The van der Waals surface area contributed by atoms with Gasteiger partial charge in [-0.1, -0.05) is 28.1 Å². The summed E-state index contributed by atoms with van der Waals surface area (Å²) in [5.41, 5.74) is 0. The molecule has 2 rings (SSSR count). The highest BCUT2D eigenvalue weighted by atomic mass is 79.9. The molecule has 0 N–H and O–H groups in total. The summed E-state index contributed by atoms with van der Waals surface area (Å²) < 4.78 is 11.0. The molecule has 1 unspecified atom stereocenters. The van der Waals surface area contributed by atoms with E-state index in [1.165, 1.54) is 19.5 Å². The minimum Gasteiger partial charge on any atom is -0.493 e. The fraction of sp³-hybridized carbons (Fsp3) is 0.571. The Balaban J connectivity index is 1.75. The van der Waals surface area contributed by atoms with Gasteiger partial charge in [0, 0.05) is 18.4 Å². The lowest BCUT2D eigenvalue weighted by Gasteiger charge is -2.16. The van der Waals surface area contributed by atoms with Gasteiger partial charge in [0.1, 0.15) is 6.61 Å². The molecule has 0 radical (unpaired) electrons. The third-order valence-corrected chi connectivity index (χ3v) is 4.24. The zero-order valence-electron chi connectivity index (χ0n) is 10.8. The van der Waals surface area contributed by atoms with Gasteiger partial charge in [-0.2, -0.15) is 0 Å². The Morgan fingerprint density at radius 1 is 1.33 bits per heavy atom. The number of methoxy groups -OCH3 is 1. The second-order valence-corrected chi connectivity index (χ2v) is 5.26. The van der Waals surface area contributed by atoms with Crippen LogP contribution in [0, 0.1) is 5.92 Å². The summed E-state index contributed by atoms with van der Waals surface area (Å²) in [6.45, 7) is 4.07. The number of rotatable bonds is 6. The highest BCUT2D eigenvalue weighted by molar-refractivity contribution is 9.09. The van der Waals surface area contributed by atoms with Crippen molar-refractivity contribution in [2.75, 3.05) is 38.7 Å². The van der Waals surface area contributed by atoms with Gasteiger partial charge in [-0.15, -0.1) is 0 Å². The first kappa shape index (κ1) is 13.7. The summed E-state index contributed by atoms with van der Waals surface area (Å²) in [5, 5.41) is 1.11. The second kappa shape index (κ2) is 7.00. The molecule has 18 heavy (non-hydrogen) atoms. The van der Waals surface area contributed by atoms with E-state index in [4.69, 9.17) is 9.47 Å². The quantitative estimate of drug-likeness (QED) is 0.754. The molecule has 100 valence electrons. The van der Waals surface area contributed by atoms with Gasteiger partial charge in [-0.05, 0) is 31.0 Å². The first-order valence-electron chi connectivity index (χ1n) is 6.37. The van der Waals surface area contributed by atoms with Crippen LogP contribution in [0.5, 0.6) is 11.5 Å². The number of ether oxygens (including phenoxy) is 2. The molecule has 1 atom stereocenters. The lowest BCUT2D eigenvalue weighted by Crippen LogP contribution is -2.26. The molecule has 1 aromatic carbocycles. The summed E-state index contributed by atoms with van der Waals surface area (Å²) in [7, 11) is 1.67. The lowest BCUT2D eigenvalue weighted by molar-refractivity contribution is 0.227. The Hall–Kier alpha value is -0.740. The molecule has 1 aliphatic rings. The second-order valence-electron chi connectivity index (χ2n) is 4.61. The van der Waals surface area contributed by atoms with E-state index in [2.05, 4.69) is 20.8 Å². The molecule has 1 heterocycles. The first-order chi connectivity index (χ1) is 8.83. The van der Waals surface area contributed by atoms with Crippen molar-refractivity contribution in [2.45, 2.75) is 6.42 Å². The molecule has 0 spiro atoms. The normalized spacial score (nSPS) is 20.0. The number of hydrogen-bond donors (Lipinski definition) is 0. The highest BCUT2D eigenvalue weighted by Crippen LogP contribution is 2.25. The standard InChI is InChI=1S/C14H20BrNO2/c1-17-13-4-2-3-5-14(13)18-9-8-16-7-6-12(10-15)11-16/h2-5,12H,6-11H2,1H3. The van der Waals surface area contributed by atoms with Crippen molar-refractivity contribution in [2.24, 2.45) is 5.92 Å². The maximum absolute atomic E-state index is 5.78. The van der Waals surface area contributed by atoms with Crippen molar-refractivity contribution in [3.63, 3.8) is 0 Å². The van der Waals surface area contributed by atoms with Gasteiger partial charge in [0.15, 0.2) is 11.5 Å². The molecule has 1 saturated heterocycles. The molecule has 0 amide bonds. The van der Waals surface area contributed by atoms with E-state index in [0.717, 1.165) is 35.9 Å². The largest absolute Gasteiger partial charge is 0.493 e. The van der Waals surface area contributed by atoms with Crippen LogP contribution in [-0.4, -0.2) is 43.6 Å². The van der Waals surface area contributed by atoms with Gasteiger partial charge in [0.05, 0.1) is 7.11 Å². The topological polar surface area (TPSA) is 21.7 Å². The van der Waals surface area contributed by atoms with Crippen molar-refractivity contribution in [1.82, 2.24) is 4.90 Å². The van der Waals surface area contributed by atoms with E-state index < -0.39 is 0 Å². The molecule has 4 heteroatoms. The molecule has 1 fully saturated rings. The van der Waals surface area contributed by atoms with Crippen LogP contribution in [0.2, 0.25) is 0 Å².